The summed E-state index contributed by atoms with van der Waals surface area (Å²) in [7, 11) is 0. The quantitative estimate of drug-likeness (QED) is 0.582. The van der Waals surface area contributed by atoms with Crippen molar-refractivity contribution >= 4 is 0 Å². The van der Waals surface area contributed by atoms with Gasteiger partial charge in [-0.2, -0.15) is 13.2 Å². The monoisotopic (exact) mass is 185 g/mol. The molecule has 3 heteroatoms. The molecule has 0 spiro atoms. The average molecular weight is 185 g/mol. The van der Waals surface area contributed by atoms with Crippen LogP contribution in [-0.2, 0) is 12.6 Å². The van der Waals surface area contributed by atoms with Crippen LogP contribution in [0.25, 0.3) is 0 Å². The average Bonchev–Trinajstić information content (AvgIpc) is 2.47. The molecule has 0 fully saturated rings. The molecule has 0 aliphatic heterocycles. The Kier molecular flexibility index (Phi) is 1.82. The molecule has 0 aromatic heterocycles. The van der Waals surface area contributed by atoms with Gasteiger partial charge in [-0.1, -0.05) is 6.07 Å². The Balaban J connectivity index is 2.42. The van der Waals surface area contributed by atoms with Crippen molar-refractivity contribution in [3.63, 3.8) is 0 Å². The summed E-state index contributed by atoms with van der Waals surface area (Å²) in [4.78, 5) is 0. The number of hydrogen-bond donors (Lipinski definition) is 0. The first-order chi connectivity index (χ1) is 6.07. The molecule has 13 heavy (non-hydrogen) atoms. The molecule has 0 saturated heterocycles. The lowest BCUT2D eigenvalue weighted by Gasteiger charge is -2.07. The molecule has 0 atom stereocenters. The van der Waals surface area contributed by atoms with E-state index in [0.29, 0.717) is 0 Å². The van der Waals surface area contributed by atoms with Crippen molar-refractivity contribution in [2.75, 3.05) is 0 Å². The highest BCUT2D eigenvalue weighted by Crippen LogP contribution is 2.33. The second-order valence-electron chi connectivity index (χ2n) is 3.15. The van der Waals surface area contributed by atoms with Gasteiger partial charge in [0.05, 0.1) is 5.56 Å². The van der Waals surface area contributed by atoms with Gasteiger partial charge in [-0.15, -0.1) is 0 Å². The highest BCUT2D eigenvalue weighted by atomic mass is 19.4. The fourth-order valence-corrected chi connectivity index (χ4v) is 1.57. The van der Waals surface area contributed by atoms with Crippen LogP contribution in [0.2, 0.25) is 0 Å². The van der Waals surface area contributed by atoms with Crippen LogP contribution in [0.4, 0.5) is 13.2 Å². The van der Waals surface area contributed by atoms with Crippen molar-refractivity contribution in [3.8, 4) is 0 Å². The molecule has 0 nitrogen and oxygen atoms in total. The second kappa shape index (κ2) is 2.76. The third-order valence-electron chi connectivity index (χ3n) is 2.25. The van der Waals surface area contributed by atoms with Gasteiger partial charge in [0.2, 0.25) is 0 Å². The molecule has 1 aromatic rings. The van der Waals surface area contributed by atoms with Crippen molar-refractivity contribution < 1.29 is 13.2 Å². The molecule has 0 bridgehead atoms. The lowest BCUT2D eigenvalue weighted by atomic mass is 10.1. The number of hydrogen-bond acceptors (Lipinski definition) is 0. The Bertz CT molecular complexity index is 325. The molecular weight excluding hydrogens is 177 g/mol. The molecule has 0 N–H and O–H groups in total. The summed E-state index contributed by atoms with van der Waals surface area (Å²) in [6.45, 7) is 0. The van der Waals surface area contributed by atoms with E-state index in [1.807, 2.05) is 6.42 Å². The molecular formula is C10H8F3. The third-order valence-corrected chi connectivity index (χ3v) is 2.25. The molecule has 1 radical (unpaired) electrons. The van der Waals surface area contributed by atoms with Gasteiger partial charge in [-0.3, -0.25) is 0 Å². The van der Waals surface area contributed by atoms with Gasteiger partial charge < -0.3 is 0 Å². The molecule has 0 unspecified atom stereocenters. The first kappa shape index (κ1) is 8.60. The van der Waals surface area contributed by atoms with Gasteiger partial charge in [-0.25, -0.2) is 0 Å². The van der Waals surface area contributed by atoms with E-state index in [1.54, 1.807) is 6.07 Å². The van der Waals surface area contributed by atoms with Gasteiger partial charge >= 0.3 is 6.18 Å². The molecule has 2 rings (SSSR count). The molecule has 0 amide bonds. The van der Waals surface area contributed by atoms with E-state index in [4.69, 9.17) is 0 Å². The van der Waals surface area contributed by atoms with Gasteiger partial charge in [0.15, 0.2) is 0 Å². The van der Waals surface area contributed by atoms with Crippen molar-refractivity contribution in [2.45, 2.75) is 19.0 Å². The van der Waals surface area contributed by atoms with Gasteiger partial charge in [0.25, 0.3) is 0 Å². The number of alkyl halides is 3. The largest absolute Gasteiger partial charge is 0.416 e. The number of benzene rings is 1. The molecule has 1 aliphatic rings. The lowest BCUT2D eigenvalue weighted by Crippen LogP contribution is -2.05. The highest BCUT2D eigenvalue weighted by molar-refractivity contribution is 5.41. The SMILES string of the molecule is FC(F)(F)c1ccc2c(c1)[CH]CC2. The van der Waals surface area contributed by atoms with E-state index in [0.717, 1.165) is 30.0 Å². The minimum atomic E-state index is -4.22. The molecule has 0 heterocycles. The maximum Gasteiger partial charge on any atom is 0.416 e. The summed E-state index contributed by atoms with van der Waals surface area (Å²) in [5.74, 6) is 0. The highest BCUT2D eigenvalue weighted by Gasteiger charge is 2.31. The summed E-state index contributed by atoms with van der Waals surface area (Å²) < 4.78 is 36.7. The van der Waals surface area contributed by atoms with E-state index in [-0.39, 0.29) is 0 Å². The summed E-state index contributed by atoms with van der Waals surface area (Å²) >= 11 is 0. The van der Waals surface area contributed by atoms with Crippen LogP contribution in [0.3, 0.4) is 0 Å². The van der Waals surface area contributed by atoms with Crippen molar-refractivity contribution in [1.29, 1.82) is 0 Å². The summed E-state index contributed by atoms with van der Waals surface area (Å²) in [6, 6.07) is 3.95. The van der Waals surface area contributed by atoms with Gasteiger partial charge in [-0.05, 0) is 42.5 Å². The molecule has 69 valence electrons. The normalized spacial score (nSPS) is 15.9. The topological polar surface area (TPSA) is 0 Å². The number of aryl methyl sites for hydroxylation is 1. The van der Waals surface area contributed by atoms with Crippen LogP contribution in [-0.4, -0.2) is 0 Å². The Morgan fingerprint density at radius 1 is 1.15 bits per heavy atom. The lowest BCUT2D eigenvalue weighted by molar-refractivity contribution is -0.137. The third kappa shape index (κ3) is 1.55. The zero-order valence-electron chi connectivity index (χ0n) is 6.86. The summed E-state index contributed by atoms with van der Waals surface area (Å²) in [5.41, 5.74) is 1.22. The Labute approximate surface area is 74.4 Å². The fourth-order valence-electron chi connectivity index (χ4n) is 1.57. The van der Waals surface area contributed by atoms with Crippen molar-refractivity contribution in [3.05, 3.63) is 41.3 Å². The first-order valence-corrected chi connectivity index (χ1v) is 4.11. The second-order valence-corrected chi connectivity index (χ2v) is 3.15. The molecule has 0 saturated carbocycles. The standard InChI is InChI=1S/C10H8F3/c11-10(12,13)9-5-4-7-2-1-3-8(7)6-9/h3-6H,1-2H2. The predicted octanol–water partition coefficient (Wildman–Crippen LogP) is 3.20. The van der Waals surface area contributed by atoms with Crippen LogP contribution >= 0.6 is 0 Å². The fraction of sp³-hybridized carbons (Fsp3) is 0.300. The van der Waals surface area contributed by atoms with Crippen LogP contribution in [0.15, 0.2) is 18.2 Å². The smallest absolute Gasteiger partial charge is 0.166 e. The van der Waals surface area contributed by atoms with Gasteiger partial charge in [0, 0.05) is 0 Å². The van der Waals surface area contributed by atoms with Crippen LogP contribution in [0.5, 0.6) is 0 Å². The van der Waals surface area contributed by atoms with Crippen LogP contribution in [0, 0.1) is 6.42 Å². The minimum absolute atomic E-state index is 0.551. The van der Waals surface area contributed by atoms with E-state index in [1.165, 1.54) is 6.07 Å². The van der Waals surface area contributed by atoms with Crippen molar-refractivity contribution in [2.24, 2.45) is 0 Å². The number of rotatable bonds is 0. The first-order valence-electron chi connectivity index (χ1n) is 4.11. The number of fused-ring (bicyclic) bond motifs is 1. The Hall–Kier alpha value is -0.990. The van der Waals surface area contributed by atoms with E-state index >= 15 is 0 Å². The maximum absolute atomic E-state index is 12.2. The molecule has 1 aliphatic carbocycles. The minimum Gasteiger partial charge on any atom is -0.166 e. The predicted molar refractivity (Wildman–Crippen MR) is 43.2 cm³/mol. The molecule has 1 aromatic carbocycles. The summed E-state index contributed by atoms with van der Waals surface area (Å²) in [5, 5.41) is 0. The Morgan fingerprint density at radius 3 is 2.62 bits per heavy atom. The summed E-state index contributed by atoms with van der Waals surface area (Å²) in [6.07, 6.45) is -0.639. The van der Waals surface area contributed by atoms with Crippen LogP contribution < -0.4 is 0 Å². The van der Waals surface area contributed by atoms with E-state index in [2.05, 4.69) is 0 Å². The number of halogens is 3. The van der Waals surface area contributed by atoms with E-state index < -0.39 is 11.7 Å². The zero-order valence-corrected chi connectivity index (χ0v) is 6.86. The zero-order chi connectivity index (χ0) is 9.47. The van der Waals surface area contributed by atoms with E-state index in [9.17, 15) is 13.2 Å². The van der Waals surface area contributed by atoms with Crippen LogP contribution in [0.1, 0.15) is 23.1 Å². The van der Waals surface area contributed by atoms with Gasteiger partial charge in [0.1, 0.15) is 0 Å². The maximum atomic E-state index is 12.2. The Morgan fingerprint density at radius 2 is 1.92 bits per heavy atom. The van der Waals surface area contributed by atoms with Crippen molar-refractivity contribution in [1.82, 2.24) is 0 Å².